The molecule has 0 radical (unpaired) electrons. The molecule has 0 unspecified atom stereocenters. The monoisotopic (exact) mass is 238 g/mol. The predicted octanol–water partition coefficient (Wildman–Crippen LogP) is 4.39. The van der Waals surface area contributed by atoms with Gasteiger partial charge in [-0.05, 0) is 32.7 Å². The summed E-state index contributed by atoms with van der Waals surface area (Å²) < 4.78 is 6.11. The maximum Gasteiger partial charge on any atom is 0.0847 e. The molecule has 16 heavy (non-hydrogen) atoms. The number of rotatable bonds is 4. The van der Waals surface area contributed by atoms with Crippen LogP contribution in [0.1, 0.15) is 26.7 Å². The van der Waals surface area contributed by atoms with Gasteiger partial charge in [0.2, 0.25) is 0 Å². The average Bonchev–Trinajstić information content (AvgIpc) is 2.42. The Morgan fingerprint density at radius 1 is 1.19 bits per heavy atom. The van der Waals surface area contributed by atoms with Gasteiger partial charge in [-0.25, -0.2) is 0 Å². The third kappa shape index (κ3) is 3.91. The van der Waals surface area contributed by atoms with E-state index in [1.165, 1.54) is 6.04 Å². The molecule has 0 spiro atoms. The van der Waals surface area contributed by atoms with Crippen LogP contribution in [0.3, 0.4) is 0 Å². The van der Waals surface area contributed by atoms with Gasteiger partial charge in [0.15, 0.2) is 0 Å². The van der Waals surface area contributed by atoms with E-state index in [0.29, 0.717) is 0 Å². The maximum atomic E-state index is 6.11. The van der Waals surface area contributed by atoms with E-state index < -0.39 is 8.07 Å². The van der Waals surface area contributed by atoms with Crippen molar-refractivity contribution in [2.45, 2.75) is 63.6 Å². The van der Waals surface area contributed by atoms with Gasteiger partial charge in [-0.15, -0.1) is 6.58 Å². The van der Waals surface area contributed by atoms with Crippen molar-refractivity contribution in [2.75, 3.05) is 0 Å². The summed E-state index contributed by atoms with van der Waals surface area (Å²) >= 11 is 0. The minimum absolute atomic E-state index is 0.0808. The molecule has 0 aliphatic carbocycles. The first-order valence-corrected chi connectivity index (χ1v) is 9.90. The third-order valence-corrected chi connectivity index (χ3v) is 4.68. The van der Waals surface area contributed by atoms with Crippen molar-refractivity contribution in [1.29, 1.82) is 0 Å². The van der Waals surface area contributed by atoms with E-state index >= 15 is 0 Å². The van der Waals surface area contributed by atoms with E-state index in [0.717, 1.165) is 12.8 Å². The molecule has 0 aromatic rings. The van der Waals surface area contributed by atoms with Crippen LogP contribution in [0.2, 0.25) is 25.7 Å². The van der Waals surface area contributed by atoms with E-state index in [-0.39, 0.29) is 11.2 Å². The first-order valence-electron chi connectivity index (χ1n) is 6.20. The van der Waals surface area contributed by atoms with Crippen LogP contribution < -0.4 is 0 Å². The van der Waals surface area contributed by atoms with Crippen LogP contribution in [-0.2, 0) is 4.74 Å². The van der Waals surface area contributed by atoms with Crippen LogP contribution >= 0.6 is 0 Å². The van der Waals surface area contributed by atoms with Crippen LogP contribution in [-0.4, -0.2) is 19.3 Å². The Kier molecular flexibility index (Phi) is 3.86. The normalized spacial score (nSPS) is 35.8. The molecule has 0 bridgehead atoms. The first kappa shape index (κ1) is 13.7. The van der Waals surface area contributed by atoms with Crippen LogP contribution in [0.5, 0.6) is 0 Å². The number of allylic oxidation sites excluding steroid dienone is 1. The molecular formula is C14H26OSi. The second kappa shape index (κ2) is 4.50. The van der Waals surface area contributed by atoms with Gasteiger partial charge >= 0.3 is 0 Å². The van der Waals surface area contributed by atoms with Crippen molar-refractivity contribution in [3.05, 3.63) is 24.8 Å². The van der Waals surface area contributed by atoms with Gasteiger partial charge in [-0.2, -0.15) is 0 Å². The Morgan fingerprint density at radius 3 is 2.19 bits per heavy atom. The number of hydrogen-bond donors (Lipinski definition) is 0. The molecule has 0 N–H and O–H groups in total. The molecule has 2 heteroatoms. The molecule has 1 rings (SSSR count). The second-order valence-electron chi connectivity index (χ2n) is 6.60. The van der Waals surface area contributed by atoms with Gasteiger partial charge in [0, 0.05) is 8.07 Å². The fraction of sp³-hybridized carbons (Fsp3) is 0.714. The fourth-order valence-electron chi connectivity index (χ4n) is 2.05. The van der Waals surface area contributed by atoms with E-state index in [1.807, 2.05) is 6.08 Å². The molecule has 1 heterocycles. The second-order valence-corrected chi connectivity index (χ2v) is 12.1. The van der Waals surface area contributed by atoms with Gasteiger partial charge < -0.3 is 4.74 Å². The molecule has 0 aromatic carbocycles. The van der Waals surface area contributed by atoms with Gasteiger partial charge in [0.25, 0.3) is 0 Å². The number of ether oxygens (including phenoxy) is 1. The minimum atomic E-state index is -0.969. The standard InChI is InChI=1S/C14H26OSi/c1-7-13(2)10-11-14(3,15-13)9-8-12-16(4,5)6/h7-9H,1,10-12H2,2-6H3/b9-8+/t13-,14+/m1/s1. The highest BCUT2D eigenvalue weighted by Crippen LogP contribution is 2.39. The van der Waals surface area contributed by atoms with Crippen molar-refractivity contribution in [3.63, 3.8) is 0 Å². The Hall–Kier alpha value is -0.343. The molecule has 1 aliphatic rings. The molecule has 1 nitrogen and oxygen atoms in total. The molecular weight excluding hydrogens is 212 g/mol. The highest BCUT2D eigenvalue weighted by Gasteiger charge is 2.40. The molecule has 1 fully saturated rings. The molecule has 0 saturated carbocycles. The topological polar surface area (TPSA) is 9.23 Å². The van der Waals surface area contributed by atoms with Crippen LogP contribution in [0.4, 0.5) is 0 Å². The van der Waals surface area contributed by atoms with Crippen LogP contribution in [0.15, 0.2) is 24.8 Å². The molecule has 1 saturated heterocycles. The summed E-state index contributed by atoms with van der Waals surface area (Å²) in [5.41, 5.74) is -0.207. The Bertz CT molecular complexity index is 290. The largest absolute Gasteiger partial charge is 0.361 e. The van der Waals surface area contributed by atoms with Gasteiger partial charge in [0.1, 0.15) is 0 Å². The summed E-state index contributed by atoms with van der Waals surface area (Å²) in [4.78, 5) is 0. The lowest BCUT2D eigenvalue weighted by atomic mass is 9.98. The SMILES string of the molecule is C=C[C@]1(C)CC[C@](C)(/C=C/C[Si](C)(C)C)O1. The summed E-state index contributed by atoms with van der Waals surface area (Å²) in [7, 11) is -0.969. The third-order valence-electron chi connectivity index (χ3n) is 3.22. The Morgan fingerprint density at radius 2 is 1.75 bits per heavy atom. The quantitative estimate of drug-likeness (QED) is 0.521. The number of hydrogen-bond acceptors (Lipinski definition) is 1. The zero-order valence-electron chi connectivity index (χ0n) is 11.5. The highest BCUT2D eigenvalue weighted by molar-refractivity contribution is 6.76. The molecule has 1 aliphatic heterocycles. The average molecular weight is 238 g/mol. The smallest absolute Gasteiger partial charge is 0.0847 e. The summed E-state index contributed by atoms with van der Waals surface area (Å²) in [6.45, 7) is 15.3. The van der Waals surface area contributed by atoms with Gasteiger partial charge in [0.05, 0.1) is 11.2 Å². The van der Waals surface area contributed by atoms with Crippen LogP contribution in [0, 0.1) is 0 Å². The fourth-order valence-corrected chi connectivity index (χ4v) is 2.88. The van der Waals surface area contributed by atoms with Crippen molar-refractivity contribution in [2.24, 2.45) is 0 Å². The van der Waals surface area contributed by atoms with E-state index in [4.69, 9.17) is 4.74 Å². The molecule has 0 amide bonds. The van der Waals surface area contributed by atoms with E-state index in [9.17, 15) is 0 Å². The highest BCUT2D eigenvalue weighted by atomic mass is 28.3. The molecule has 92 valence electrons. The van der Waals surface area contributed by atoms with Gasteiger partial charge in [-0.3, -0.25) is 0 Å². The lowest BCUT2D eigenvalue weighted by Gasteiger charge is -2.26. The predicted molar refractivity (Wildman–Crippen MR) is 74.6 cm³/mol. The van der Waals surface area contributed by atoms with Crippen molar-refractivity contribution in [3.8, 4) is 0 Å². The lowest BCUT2D eigenvalue weighted by molar-refractivity contribution is -0.0305. The van der Waals surface area contributed by atoms with Crippen molar-refractivity contribution >= 4 is 8.07 Å². The zero-order valence-corrected chi connectivity index (χ0v) is 12.5. The van der Waals surface area contributed by atoms with E-state index in [2.05, 4.69) is 52.2 Å². The molecule has 2 atom stereocenters. The van der Waals surface area contributed by atoms with Crippen molar-refractivity contribution in [1.82, 2.24) is 0 Å². The molecule has 0 aromatic heterocycles. The zero-order chi connectivity index (χ0) is 12.4. The first-order chi connectivity index (χ1) is 7.18. The summed E-state index contributed by atoms with van der Waals surface area (Å²) in [6, 6.07) is 1.23. The maximum absolute atomic E-state index is 6.11. The Labute approximate surface area is 102 Å². The van der Waals surface area contributed by atoms with Crippen molar-refractivity contribution < 1.29 is 4.74 Å². The van der Waals surface area contributed by atoms with Crippen LogP contribution in [0.25, 0.3) is 0 Å². The van der Waals surface area contributed by atoms with Gasteiger partial charge in [-0.1, -0.05) is 37.9 Å². The van der Waals surface area contributed by atoms with E-state index in [1.54, 1.807) is 0 Å². The lowest BCUT2D eigenvalue weighted by Crippen LogP contribution is -2.28. The summed E-state index contributed by atoms with van der Waals surface area (Å²) in [5.74, 6) is 0. The summed E-state index contributed by atoms with van der Waals surface area (Å²) in [6.07, 6.45) is 8.69. The summed E-state index contributed by atoms with van der Waals surface area (Å²) in [5, 5.41) is 0. The minimum Gasteiger partial charge on any atom is -0.361 e. The Balaban J connectivity index is 2.58.